The van der Waals surface area contributed by atoms with Gasteiger partial charge in [-0.25, -0.2) is 0 Å². The Morgan fingerprint density at radius 1 is 1.40 bits per heavy atom. The number of nitrogens with zero attached hydrogens (tertiary/aromatic N) is 1. The zero-order valence-electron chi connectivity index (χ0n) is 9.32. The molecule has 2 rings (SSSR count). The Morgan fingerprint density at radius 2 is 2.07 bits per heavy atom. The topological polar surface area (TPSA) is 49.4 Å². The van der Waals surface area contributed by atoms with Gasteiger partial charge in [-0.1, -0.05) is 6.92 Å². The monoisotopic (exact) mass is 210 g/mol. The number of nitrogens with one attached hydrogen (secondary N) is 1. The highest BCUT2D eigenvalue weighted by molar-refractivity contribution is 5.96. The number of piperazine rings is 1. The highest BCUT2D eigenvalue weighted by Crippen LogP contribution is 2.28. The SMILES string of the molecule is CCC1NC(=O)C(C)N(C2CCC2)C1=O. The summed E-state index contributed by atoms with van der Waals surface area (Å²) in [5.74, 6) is 0.0997. The lowest BCUT2D eigenvalue weighted by Crippen LogP contribution is -2.65. The third kappa shape index (κ3) is 1.62. The minimum atomic E-state index is -0.297. The van der Waals surface area contributed by atoms with Gasteiger partial charge in [-0.05, 0) is 32.6 Å². The minimum absolute atomic E-state index is 0.00616. The van der Waals surface area contributed by atoms with E-state index in [1.165, 1.54) is 6.42 Å². The van der Waals surface area contributed by atoms with Crippen LogP contribution in [0.25, 0.3) is 0 Å². The summed E-state index contributed by atoms with van der Waals surface area (Å²) in [6.07, 6.45) is 3.97. The molecule has 4 nitrogen and oxygen atoms in total. The Balaban J connectivity index is 2.16. The van der Waals surface area contributed by atoms with Gasteiger partial charge in [-0.15, -0.1) is 0 Å². The lowest BCUT2D eigenvalue weighted by molar-refractivity contribution is -0.153. The summed E-state index contributed by atoms with van der Waals surface area (Å²) in [4.78, 5) is 25.5. The lowest BCUT2D eigenvalue weighted by atomic mass is 9.88. The highest BCUT2D eigenvalue weighted by atomic mass is 16.2. The van der Waals surface area contributed by atoms with Gasteiger partial charge in [0, 0.05) is 6.04 Å². The van der Waals surface area contributed by atoms with E-state index in [1.807, 2.05) is 13.8 Å². The predicted molar refractivity (Wildman–Crippen MR) is 56.2 cm³/mol. The van der Waals surface area contributed by atoms with Crippen molar-refractivity contribution in [1.29, 1.82) is 0 Å². The molecule has 1 saturated carbocycles. The van der Waals surface area contributed by atoms with Gasteiger partial charge < -0.3 is 10.2 Å². The molecule has 4 heteroatoms. The molecule has 0 aromatic heterocycles. The molecule has 1 heterocycles. The third-order valence-corrected chi connectivity index (χ3v) is 3.54. The van der Waals surface area contributed by atoms with Crippen LogP contribution in [0.15, 0.2) is 0 Å². The largest absolute Gasteiger partial charge is 0.343 e. The van der Waals surface area contributed by atoms with E-state index in [0.29, 0.717) is 12.5 Å². The van der Waals surface area contributed by atoms with Gasteiger partial charge >= 0.3 is 0 Å². The van der Waals surface area contributed by atoms with Crippen molar-refractivity contribution in [1.82, 2.24) is 10.2 Å². The Kier molecular flexibility index (Phi) is 2.67. The Bertz CT molecular complexity index is 286. The predicted octanol–water partition coefficient (Wildman–Crippen LogP) is 0.664. The number of amides is 2. The number of hydrogen-bond acceptors (Lipinski definition) is 2. The van der Waals surface area contributed by atoms with Crippen LogP contribution in [0.4, 0.5) is 0 Å². The van der Waals surface area contributed by atoms with E-state index < -0.39 is 0 Å². The quantitative estimate of drug-likeness (QED) is 0.728. The van der Waals surface area contributed by atoms with Gasteiger partial charge in [0.15, 0.2) is 0 Å². The number of carbonyl (C=O) groups excluding carboxylic acids is 2. The van der Waals surface area contributed by atoms with Gasteiger partial charge in [0.25, 0.3) is 0 Å². The normalized spacial score (nSPS) is 32.5. The second-order valence-electron chi connectivity index (χ2n) is 4.48. The van der Waals surface area contributed by atoms with Crippen LogP contribution in [-0.2, 0) is 9.59 Å². The molecule has 0 aromatic rings. The van der Waals surface area contributed by atoms with Gasteiger partial charge in [-0.2, -0.15) is 0 Å². The molecule has 0 spiro atoms. The summed E-state index contributed by atoms with van der Waals surface area (Å²) in [7, 11) is 0. The van der Waals surface area contributed by atoms with E-state index in [9.17, 15) is 9.59 Å². The van der Waals surface area contributed by atoms with Crippen molar-refractivity contribution >= 4 is 11.8 Å². The summed E-state index contributed by atoms with van der Waals surface area (Å²) in [6.45, 7) is 3.75. The van der Waals surface area contributed by atoms with Crippen LogP contribution < -0.4 is 5.32 Å². The van der Waals surface area contributed by atoms with Gasteiger partial charge in [0.1, 0.15) is 12.1 Å². The maximum atomic E-state index is 12.1. The van der Waals surface area contributed by atoms with E-state index in [2.05, 4.69) is 5.32 Å². The summed E-state index contributed by atoms with van der Waals surface area (Å²) in [6, 6.07) is -0.271. The van der Waals surface area contributed by atoms with Crippen molar-refractivity contribution < 1.29 is 9.59 Å². The Labute approximate surface area is 90.0 Å². The molecular formula is C11H18N2O2. The molecule has 0 bridgehead atoms. The average Bonchev–Trinajstić information content (AvgIpc) is 2.15. The van der Waals surface area contributed by atoms with Crippen LogP contribution in [0.2, 0.25) is 0 Å². The summed E-state index contributed by atoms with van der Waals surface area (Å²) in [5.41, 5.74) is 0. The third-order valence-electron chi connectivity index (χ3n) is 3.54. The molecule has 0 radical (unpaired) electrons. The minimum Gasteiger partial charge on any atom is -0.343 e. The fourth-order valence-corrected chi connectivity index (χ4v) is 2.29. The molecule has 1 aliphatic carbocycles. The van der Waals surface area contributed by atoms with Crippen molar-refractivity contribution in [3.05, 3.63) is 0 Å². The van der Waals surface area contributed by atoms with Crippen molar-refractivity contribution in [2.45, 2.75) is 57.7 Å². The Morgan fingerprint density at radius 3 is 2.53 bits per heavy atom. The van der Waals surface area contributed by atoms with Crippen LogP contribution in [0.5, 0.6) is 0 Å². The van der Waals surface area contributed by atoms with Gasteiger partial charge in [0.2, 0.25) is 11.8 Å². The molecule has 1 N–H and O–H groups in total. The number of hydrogen-bond donors (Lipinski definition) is 1. The first kappa shape index (κ1) is 10.5. The smallest absolute Gasteiger partial charge is 0.246 e. The van der Waals surface area contributed by atoms with Gasteiger partial charge in [0.05, 0.1) is 0 Å². The van der Waals surface area contributed by atoms with Crippen LogP contribution in [0.3, 0.4) is 0 Å². The number of rotatable bonds is 2. The maximum absolute atomic E-state index is 12.1. The molecule has 2 atom stereocenters. The maximum Gasteiger partial charge on any atom is 0.246 e. The first-order valence-corrected chi connectivity index (χ1v) is 5.77. The van der Waals surface area contributed by atoms with Crippen LogP contribution in [-0.4, -0.2) is 34.8 Å². The zero-order valence-corrected chi connectivity index (χ0v) is 9.32. The van der Waals surface area contributed by atoms with E-state index in [-0.39, 0.29) is 23.9 Å². The van der Waals surface area contributed by atoms with E-state index in [0.717, 1.165) is 12.8 Å². The van der Waals surface area contributed by atoms with Crippen molar-refractivity contribution in [3.63, 3.8) is 0 Å². The molecule has 1 aliphatic heterocycles. The zero-order chi connectivity index (χ0) is 11.0. The fourth-order valence-electron chi connectivity index (χ4n) is 2.29. The Hall–Kier alpha value is -1.06. The second kappa shape index (κ2) is 3.83. The van der Waals surface area contributed by atoms with Crippen LogP contribution >= 0.6 is 0 Å². The molecule has 1 saturated heterocycles. The van der Waals surface area contributed by atoms with E-state index in [1.54, 1.807) is 4.90 Å². The molecule has 2 amide bonds. The lowest BCUT2D eigenvalue weighted by Gasteiger charge is -2.45. The van der Waals surface area contributed by atoms with E-state index in [4.69, 9.17) is 0 Å². The molecular weight excluding hydrogens is 192 g/mol. The van der Waals surface area contributed by atoms with Crippen molar-refractivity contribution in [2.75, 3.05) is 0 Å². The van der Waals surface area contributed by atoms with Crippen LogP contribution in [0.1, 0.15) is 39.5 Å². The summed E-state index contributed by atoms with van der Waals surface area (Å²) >= 11 is 0. The van der Waals surface area contributed by atoms with Crippen molar-refractivity contribution in [3.8, 4) is 0 Å². The standard InChI is InChI=1S/C11H18N2O2/c1-3-9-11(15)13(8-5-4-6-8)7(2)10(14)12-9/h7-9H,3-6H2,1-2H3,(H,12,14). The van der Waals surface area contributed by atoms with E-state index >= 15 is 0 Å². The van der Waals surface area contributed by atoms with Crippen molar-refractivity contribution in [2.24, 2.45) is 0 Å². The van der Waals surface area contributed by atoms with Crippen LogP contribution in [0, 0.1) is 0 Å². The second-order valence-corrected chi connectivity index (χ2v) is 4.48. The first-order valence-electron chi connectivity index (χ1n) is 5.77. The molecule has 2 unspecified atom stereocenters. The number of carbonyl (C=O) groups is 2. The summed E-state index contributed by atoms with van der Waals surface area (Å²) < 4.78 is 0. The average molecular weight is 210 g/mol. The fraction of sp³-hybridized carbons (Fsp3) is 0.818. The molecule has 2 fully saturated rings. The highest BCUT2D eigenvalue weighted by Gasteiger charge is 2.42. The summed E-state index contributed by atoms with van der Waals surface area (Å²) in [5, 5.41) is 2.77. The molecule has 0 aromatic carbocycles. The molecule has 15 heavy (non-hydrogen) atoms. The van der Waals surface area contributed by atoms with Gasteiger partial charge in [-0.3, -0.25) is 9.59 Å². The molecule has 2 aliphatic rings. The molecule has 84 valence electrons. The first-order chi connectivity index (χ1) is 7.15.